The SMILES string of the molecule is O=C(CCC(F)(F)F)N1CCC(C(=O)O)(c2ccccc2)C1. The fourth-order valence-corrected chi connectivity index (χ4v) is 2.72. The first-order valence-corrected chi connectivity index (χ1v) is 6.88. The summed E-state index contributed by atoms with van der Waals surface area (Å²) in [7, 11) is 0. The van der Waals surface area contributed by atoms with E-state index in [0.29, 0.717) is 5.56 Å². The van der Waals surface area contributed by atoms with Gasteiger partial charge in [-0.1, -0.05) is 30.3 Å². The number of hydrogen-bond acceptors (Lipinski definition) is 2. The summed E-state index contributed by atoms with van der Waals surface area (Å²) in [5.41, 5.74) is -0.677. The zero-order valence-corrected chi connectivity index (χ0v) is 11.8. The van der Waals surface area contributed by atoms with Crippen LogP contribution < -0.4 is 0 Å². The number of hydrogen-bond donors (Lipinski definition) is 1. The zero-order valence-electron chi connectivity index (χ0n) is 11.8. The Bertz CT molecular complexity index is 559. The van der Waals surface area contributed by atoms with E-state index in [9.17, 15) is 27.9 Å². The van der Waals surface area contributed by atoms with Crippen LogP contribution in [0.5, 0.6) is 0 Å². The number of carbonyl (C=O) groups excluding carboxylic acids is 1. The van der Waals surface area contributed by atoms with Crippen LogP contribution >= 0.6 is 0 Å². The van der Waals surface area contributed by atoms with E-state index in [-0.39, 0.29) is 19.5 Å². The van der Waals surface area contributed by atoms with Crippen molar-refractivity contribution in [2.24, 2.45) is 0 Å². The molecule has 1 amide bonds. The Hall–Kier alpha value is -2.05. The van der Waals surface area contributed by atoms with E-state index in [4.69, 9.17) is 0 Å². The summed E-state index contributed by atoms with van der Waals surface area (Å²) >= 11 is 0. The van der Waals surface area contributed by atoms with Crippen molar-refractivity contribution in [2.75, 3.05) is 13.1 Å². The number of amides is 1. The van der Waals surface area contributed by atoms with Crippen molar-refractivity contribution in [3.63, 3.8) is 0 Å². The summed E-state index contributed by atoms with van der Waals surface area (Å²) in [6.45, 7) is 0.0565. The van der Waals surface area contributed by atoms with Gasteiger partial charge in [-0.25, -0.2) is 0 Å². The Kier molecular flexibility index (Phi) is 4.44. The number of aliphatic carboxylic acids is 1. The number of rotatable bonds is 4. The maximum absolute atomic E-state index is 12.2. The van der Waals surface area contributed by atoms with E-state index >= 15 is 0 Å². The molecule has 120 valence electrons. The second-order valence-electron chi connectivity index (χ2n) is 5.43. The first-order chi connectivity index (χ1) is 10.2. The summed E-state index contributed by atoms with van der Waals surface area (Å²) in [4.78, 5) is 24.8. The molecule has 1 aromatic rings. The standard InChI is InChI=1S/C15H16F3NO3/c16-15(17,18)7-6-12(20)19-9-8-14(10-19,13(21)22)11-4-2-1-3-5-11/h1-5H,6-10H2,(H,21,22). The van der Waals surface area contributed by atoms with Gasteiger partial charge < -0.3 is 10.0 Å². The summed E-state index contributed by atoms with van der Waals surface area (Å²) in [6, 6.07) is 8.48. The molecule has 1 unspecified atom stereocenters. The lowest BCUT2D eigenvalue weighted by atomic mass is 9.80. The summed E-state index contributed by atoms with van der Waals surface area (Å²) in [6.07, 6.45) is -6.02. The second kappa shape index (κ2) is 5.98. The normalized spacial score (nSPS) is 21.9. The summed E-state index contributed by atoms with van der Waals surface area (Å²) in [5, 5.41) is 9.56. The van der Waals surface area contributed by atoms with Crippen LogP contribution in [0.2, 0.25) is 0 Å². The Morgan fingerprint density at radius 2 is 1.86 bits per heavy atom. The van der Waals surface area contributed by atoms with Crippen LogP contribution in [0.1, 0.15) is 24.8 Å². The van der Waals surface area contributed by atoms with Crippen LogP contribution in [0.3, 0.4) is 0 Å². The first-order valence-electron chi connectivity index (χ1n) is 6.88. The molecule has 0 radical (unpaired) electrons. The number of nitrogens with zero attached hydrogens (tertiary/aromatic N) is 1. The van der Waals surface area contributed by atoms with Crippen molar-refractivity contribution in [3.8, 4) is 0 Å². The maximum atomic E-state index is 12.2. The minimum atomic E-state index is -4.39. The predicted octanol–water partition coefficient (Wildman–Crippen LogP) is 2.58. The third-order valence-corrected chi connectivity index (χ3v) is 3.98. The van der Waals surface area contributed by atoms with Gasteiger partial charge in [0.2, 0.25) is 5.91 Å². The minimum absolute atomic E-state index is 0.0942. The van der Waals surface area contributed by atoms with Crippen LogP contribution in [0.15, 0.2) is 30.3 Å². The number of alkyl halides is 3. The molecule has 4 nitrogen and oxygen atoms in total. The number of carbonyl (C=O) groups is 2. The fraction of sp³-hybridized carbons (Fsp3) is 0.467. The largest absolute Gasteiger partial charge is 0.481 e. The van der Waals surface area contributed by atoms with E-state index in [1.54, 1.807) is 30.3 Å². The molecular weight excluding hydrogens is 299 g/mol. The van der Waals surface area contributed by atoms with Gasteiger partial charge in [0.1, 0.15) is 5.41 Å². The Morgan fingerprint density at radius 1 is 1.23 bits per heavy atom. The van der Waals surface area contributed by atoms with E-state index < -0.39 is 36.3 Å². The molecule has 1 fully saturated rings. The molecular formula is C15H16F3NO3. The van der Waals surface area contributed by atoms with Crippen LogP contribution in [0.25, 0.3) is 0 Å². The molecule has 0 bridgehead atoms. The van der Waals surface area contributed by atoms with Crippen molar-refractivity contribution in [2.45, 2.75) is 30.9 Å². The third-order valence-electron chi connectivity index (χ3n) is 3.98. The summed E-state index contributed by atoms with van der Waals surface area (Å²) < 4.78 is 36.5. The maximum Gasteiger partial charge on any atom is 0.389 e. The quantitative estimate of drug-likeness (QED) is 0.929. The number of likely N-dealkylation sites (tertiary alicyclic amines) is 1. The first kappa shape index (κ1) is 16.3. The molecule has 0 spiro atoms. The predicted molar refractivity (Wildman–Crippen MR) is 72.2 cm³/mol. The van der Waals surface area contributed by atoms with Gasteiger partial charge in [-0.3, -0.25) is 9.59 Å². The monoisotopic (exact) mass is 315 g/mol. The highest BCUT2D eigenvalue weighted by Gasteiger charge is 2.47. The number of carboxylic acids is 1. The number of benzene rings is 1. The summed E-state index contributed by atoms with van der Waals surface area (Å²) in [5.74, 6) is -1.72. The lowest BCUT2D eigenvalue weighted by molar-refractivity contribution is -0.149. The smallest absolute Gasteiger partial charge is 0.389 e. The lowest BCUT2D eigenvalue weighted by Crippen LogP contribution is -2.40. The van der Waals surface area contributed by atoms with Crippen molar-refractivity contribution in [1.29, 1.82) is 0 Å². The molecule has 1 aliphatic heterocycles. The zero-order chi connectivity index (χ0) is 16.4. The molecule has 1 atom stereocenters. The van der Waals surface area contributed by atoms with Crippen LogP contribution in [-0.4, -0.2) is 41.1 Å². The highest BCUT2D eigenvalue weighted by molar-refractivity contribution is 5.85. The van der Waals surface area contributed by atoms with Crippen molar-refractivity contribution in [3.05, 3.63) is 35.9 Å². The molecule has 0 aromatic heterocycles. The minimum Gasteiger partial charge on any atom is -0.481 e. The molecule has 1 aromatic carbocycles. The number of halogens is 3. The highest BCUT2D eigenvalue weighted by Crippen LogP contribution is 2.35. The average Bonchev–Trinajstić information content (AvgIpc) is 2.91. The second-order valence-corrected chi connectivity index (χ2v) is 5.43. The van der Waals surface area contributed by atoms with E-state index in [0.717, 1.165) is 0 Å². The molecule has 2 rings (SSSR count). The van der Waals surface area contributed by atoms with Gasteiger partial charge in [0.25, 0.3) is 0 Å². The molecule has 1 N–H and O–H groups in total. The van der Waals surface area contributed by atoms with Crippen LogP contribution in [0.4, 0.5) is 13.2 Å². The van der Waals surface area contributed by atoms with Gasteiger partial charge in [0.05, 0.1) is 6.42 Å². The van der Waals surface area contributed by atoms with Gasteiger partial charge in [-0.15, -0.1) is 0 Å². The van der Waals surface area contributed by atoms with Gasteiger partial charge >= 0.3 is 12.1 Å². The Morgan fingerprint density at radius 3 is 2.41 bits per heavy atom. The van der Waals surface area contributed by atoms with E-state index in [2.05, 4.69) is 0 Å². The van der Waals surface area contributed by atoms with Gasteiger partial charge in [0.15, 0.2) is 0 Å². The Balaban J connectivity index is 2.12. The lowest BCUT2D eigenvalue weighted by Gasteiger charge is -2.25. The molecule has 22 heavy (non-hydrogen) atoms. The molecule has 1 saturated heterocycles. The third kappa shape index (κ3) is 3.40. The molecule has 0 aliphatic carbocycles. The molecule has 1 heterocycles. The Labute approximate surface area is 125 Å². The molecule has 0 saturated carbocycles. The number of carboxylic acid groups (broad SMARTS) is 1. The highest BCUT2D eigenvalue weighted by atomic mass is 19.4. The van der Waals surface area contributed by atoms with Crippen molar-refractivity contribution in [1.82, 2.24) is 4.90 Å². The van der Waals surface area contributed by atoms with Crippen molar-refractivity contribution >= 4 is 11.9 Å². The van der Waals surface area contributed by atoms with E-state index in [1.165, 1.54) is 4.90 Å². The average molecular weight is 315 g/mol. The van der Waals surface area contributed by atoms with Crippen molar-refractivity contribution < 1.29 is 27.9 Å². The van der Waals surface area contributed by atoms with Gasteiger partial charge in [0, 0.05) is 19.5 Å². The van der Waals surface area contributed by atoms with E-state index in [1.807, 2.05) is 0 Å². The molecule has 7 heteroatoms. The van der Waals surface area contributed by atoms with Gasteiger partial charge in [-0.05, 0) is 12.0 Å². The van der Waals surface area contributed by atoms with Crippen LogP contribution in [-0.2, 0) is 15.0 Å². The van der Waals surface area contributed by atoms with Crippen LogP contribution in [0, 0.1) is 0 Å². The topological polar surface area (TPSA) is 57.6 Å². The van der Waals surface area contributed by atoms with Gasteiger partial charge in [-0.2, -0.15) is 13.2 Å². The fourth-order valence-electron chi connectivity index (χ4n) is 2.72. The molecule has 1 aliphatic rings.